The summed E-state index contributed by atoms with van der Waals surface area (Å²) >= 11 is 3.42. The summed E-state index contributed by atoms with van der Waals surface area (Å²) in [6.45, 7) is 2.48. The molecule has 0 unspecified atom stereocenters. The van der Waals surface area contributed by atoms with Crippen LogP contribution in [0.2, 0.25) is 0 Å². The van der Waals surface area contributed by atoms with Crippen LogP contribution in [0.5, 0.6) is 0 Å². The van der Waals surface area contributed by atoms with Gasteiger partial charge in [-0.25, -0.2) is 4.98 Å². The molecule has 0 aliphatic carbocycles. The number of thioether (sulfide) groups is 1. The number of imidazole rings is 1. The van der Waals surface area contributed by atoms with E-state index < -0.39 is 0 Å². The lowest BCUT2D eigenvalue weighted by Gasteiger charge is -1.96. The minimum Gasteiger partial charge on any atom is -0.333 e. The zero-order chi connectivity index (χ0) is 14.7. The van der Waals surface area contributed by atoms with Gasteiger partial charge in [0.15, 0.2) is 5.16 Å². The summed E-state index contributed by atoms with van der Waals surface area (Å²) in [5.41, 5.74) is 9.84. The Bertz CT molecular complexity index is 821. The van der Waals surface area contributed by atoms with Crippen molar-refractivity contribution in [2.45, 2.75) is 17.8 Å². The molecule has 3 aromatic rings. The predicted molar refractivity (Wildman–Crippen MR) is 90.6 cm³/mol. The van der Waals surface area contributed by atoms with Gasteiger partial charge in [0.1, 0.15) is 0 Å². The Morgan fingerprint density at radius 3 is 3.14 bits per heavy atom. The molecule has 21 heavy (non-hydrogen) atoms. The fourth-order valence-corrected chi connectivity index (χ4v) is 3.84. The van der Waals surface area contributed by atoms with Crippen LogP contribution in [0.3, 0.4) is 0 Å². The van der Waals surface area contributed by atoms with Crippen LogP contribution in [-0.2, 0) is 5.75 Å². The molecule has 0 atom stereocenters. The molecule has 0 bridgehead atoms. The van der Waals surface area contributed by atoms with E-state index in [1.807, 2.05) is 6.07 Å². The molecule has 3 rings (SSSR count). The van der Waals surface area contributed by atoms with Gasteiger partial charge < -0.3 is 10.7 Å². The van der Waals surface area contributed by atoms with E-state index in [0.29, 0.717) is 6.54 Å². The van der Waals surface area contributed by atoms with Crippen molar-refractivity contribution < 1.29 is 0 Å². The highest BCUT2D eigenvalue weighted by Gasteiger charge is 2.07. The number of hydrogen-bond donors (Lipinski definition) is 2. The Balaban J connectivity index is 1.76. The van der Waals surface area contributed by atoms with E-state index in [0.717, 1.165) is 27.5 Å². The smallest absolute Gasteiger partial charge is 0.166 e. The van der Waals surface area contributed by atoms with Crippen molar-refractivity contribution in [2.75, 3.05) is 6.54 Å². The Kier molecular flexibility index (Phi) is 4.30. The topological polar surface area (TPSA) is 54.7 Å². The van der Waals surface area contributed by atoms with Crippen LogP contribution in [0.4, 0.5) is 0 Å². The minimum atomic E-state index is 0.394. The molecule has 2 aromatic heterocycles. The predicted octanol–water partition coefficient (Wildman–Crippen LogP) is 3.54. The number of nitrogens with two attached hydrogens (primary N) is 1. The second-order valence-electron chi connectivity index (χ2n) is 4.61. The normalized spacial score (nSPS) is 10.6. The molecule has 3 N–H and O–H groups in total. The first kappa shape index (κ1) is 14.2. The molecule has 0 aliphatic rings. The number of nitrogens with zero attached hydrogens (tertiary/aromatic N) is 1. The number of thiophene rings is 1. The van der Waals surface area contributed by atoms with E-state index >= 15 is 0 Å². The van der Waals surface area contributed by atoms with Gasteiger partial charge in [-0.15, -0.1) is 11.3 Å². The van der Waals surface area contributed by atoms with Crippen molar-refractivity contribution >= 4 is 34.1 Å². The maximum Gasteiger partial charge on any atom is 0.166 e. The van der Waals surface area contributed by atoms with Crippen LogP contribution in [0.1, 0.15) is 16.0 Å². The van der Waals surface area contributed by atoms with E-state index in [1.165, 1.54) is 10.4 Å². The van der Waals surface area contributed by atoms with E-state index in [9.17, 15) is 0 Å². The quantitative estimate of drug-likeness (QED) is 0.574. The average molecular weight is 313 g/mol. The van der Waals surface area contributed by atoms with E-state index in [-0.39, 0.29) is 0 Å². The van der Waals surface area contributed by atoms with Crippen molar-refractivity contribution in [1.82, 2.24) is 9.97 Å². The second kappa shape index (κ2) is 6.35. The highest BCUT2D eigenvalue weighted by Crippen LogP contribution is 2.27. The standard InChI is InChI=1S/C16H15N3S2/c1-11-4-5-13-14(9-11)19-16(18-13)21-10-15-12(3-2-7-17)6-8-20-15/h4-6,8-9H,7,10,17H2,1H3,(H,18,19). The van der Waals surface area contributed by atoms with Crippen LogP contribution >= 0.6 is 23.1 Å². The van der Waals surface area contributed by atoms with Gasteiger partial charge in [0, 0.05) is 16.2 Å². The SMILES string of the molecule is Cc1ccc2nc(SCc3sccc3C#CCN)[nH]c2c1. The fourth-order valence-electron chi connectivity index (χ4n) is 2.01. The Morgan fingerprint density at radius 2 is 2.29 bits per heavy atom. The van der Waals surface area contributed by atoms with E-state index in [4.69, 9.17) is 5.73 Å². The van der Waals surface area contributed by atoms with Crippen LogP contribution in [0.15, 0.2) is 34.8 Å². The number of nitrogens with one attached hydrogen (secondary N) is 1. The zero-order valence-electron chi connectivity index (χ0n) is 11.6. The lowest BCUT2D eigenvalue weighted by molar-refractivity contribution is 1.08. The van der Waals surface area contributed by atoms with Crippen LogP contribution in [-0.4, -0.2) is 16.5 Å². The molecular weight excluding hydrogens is 298 g/mol. The van der Waals surface area contributed by atoms with Gasteiger partial charge in [-0.05, 0) is 36.1 Å². The molecule has 0 saturated carbocycles. The van der Waals surface area contributed by atoms with Gasteiger partial charge in [-0.2, -0.15) is 0 Å². The van der Waals surface area contributed by atoms with Crippen molar-refractivity contribution in [3.63, 3.8) is 0 Å². The molecule has 0 radical (unpaired) electrons. The number of aryl methyl sites for hydroxylation is 1. The minimum absolute atomic E-state index is 0.394. The number of fused-ring (bicyclic) bond motifs is 1. The van der Waals surface area contributed by atoms with E-state index in [1.54, 1.807) is 23.1 Å². The number of aromatic amines is 1. The molecule has 2 heterocycles. The van der Waals surface area contributed by atoms with Gasteiger partial charge in [0.25, 0.3) is 0 Å². The summed E-state index contributed by atoms with van der Waals surface area (Å²) in [6.07, 6.45) is 0. The highest BCUT2D eigenvalue weighted by molar-refractivity contribution is 7.98. The first-order valence-electron chi connectivity index (χ1n) is 6.61. The van der Waals surface area contributed by atoms with Gasteiger partial charge in [0.05, 0.1) is 17.6 Å². The summed E-state index contributed by atoms with van der Waals surface area (Å²) in [5, 5.41) is 3.01. The van der Waals surface area contributed by atoms with Crippen molar-refractivity contribution in [3.8, 4) is 11.8 Å². The second-order valence-corrected chi connectivity index (χ2v) is 6.58. The average Bonchev–Trinajstić information content (AvgIpc) is 3.08. The number of hydrogen-bond acceptors (Lipinski definition) is 4. The molecule has 0 aliphatic heterocycles. The Morgan fingerprint density at radius 1 is 1.38 bits per heavy atom. The molecule has 0 fully saturated rings. The lowest BCUT2D eigenvalue weighted by atomic mass is 10.2. The summed E-state index contributed by atoms with van der Waals surface area (Å²) < 4.78 is 0. The summed E-state index contributed by atoms with van der Waals surface area (Å²) in [7, 11) is 0. The summed E-state index contributed by atoms with van der Waals surface area (Å²) in [5.74, 6) is 6.89. The maximum absolute atomic E-state index is 5.43. The van der Waals surface area contributed by atoms with Crippen LogP contribution in [0, 0.1) is 18.8 Å². The molecular formula is C16H15N3S2. The van der Waals surface area contributed by atoms with Gasteiger partial charge >= 0.3 is 0 Å². The lowest BCUT2D eigenvalue weighted by Crippen LogP contribution is -1.93. The largest absolute Gasteiger partial charge is 0.333 e. The van der Waals surface area contributed by atoms with Gasteiger partial charge in [0.2, 0.25) is 0 Å². The molecule has 0 spiro atoms. The highest BCUT2D eigenvalue weighted by atomic mass is 32.2. The monoisotopic (exact) mass is 313 g/mol. The number of benzene rings is 1. The van der Waals surface area contributed by atoms with Gasteiger partial charge in [-0.3, -0.25) is 0 Å². The van der Waals surface area contributed by atoms with Crippen molar-refractivity contribution in [3.05, 3.63) is 45.6 Å². The number of H-pyrrole nitrogens is 1. The van der Waals surface area contributed by atoms with Crippen molar-refractivity contribution in [2.24, 2.45) is 5.73 Å². The third-order valence-corrected chi connectivity index (χ3v) is 5.03. The molecule has 0 amide bonds. The molecule has 5 heteroatoms. The first-order chi connectivity index (χ1) is 10.3. The maximum atomic E-state index is 5.43. The first-order valence-corrected chi connectivity index (χ1v) is 8.47. The summed E-state index contributed by atoms with van der Waals surface area (Å²) in [4.78, 5) is 9.22. The molecule has 0 saturated heterocycles. The number of rotatable bonds is 3. The zero-order valence-corrected chi connectivity index (χ0v) is 13.3. The molecule has 106 valence electrons. The van der Waals surface area contributed by atoms with E-state index in [2.05, 4.69) is 52.3 Å². The molecule has 3 nitrogen and oxygen atoms in total. The third-order valence-electron chi connectivity index (χ3n) is 3.03. The number of aromatic nitrogens is 2. The van der Waals surface area contributed by atoms with Crippen molar-refractivity contribution in [1.29, 1.82) is 0 Å². The Labute approximate surface area is 132 Å². The van der Waals surface area contributed by atoms with Crippen LogP contribution in [0.25, 0.3) is 11.0 Å². The Hall–Kier alpha value is -1.74. The fraction of sp³-hybridized carbons (Fsp3) is 0.188. The van der Waals surface area contributed by atoms with Crippen LogP contribution < -0.4 is 5.73 Å². The van der Waals surface area contributed by atoms with Gasteiger partial charge in [-0.1, -0.05) is 29.7 Å². The summed E-state index contributed by atoms with van der Waals surface area (Å²) in [6, 6.07) is 8.30. The molecule has 1 aromatic carbocycles. The third kappa shape index (κ3) is 3.30.